The fourth-order valence-electron chi connectivity index (χ4n) is 5.00. The van der Waals surface area contributed by atoms with Crippen LogP contribution in [-0.2, 0) is 0 Å². The number of rotatable bonds is 6. The average Bonchev–Trinajstić information content (AvgIpc) is 3.77. The number of aromatic hydroxyl groups is 1. The SMILES string of the molecule is N[C@H]1CCCN(c2ccc(Nc3c(C(=O)C4CC4)cnc4ccc(-c5cc(F)c(O)c(Cl)c5)cc34)cn2)C1. The Morgan fingerprint density at radius 2 is 1.92 bits per heavy atom. The van der Waals surface area contributed by atoms with E-state index in [9.17, 15) is 14.3 Å². The Morgan fingerprint density at radius 1 is 1.08 bits per heavy atom. The minimum absolute atomic E-state index is 0.00629. The molecule has 9 heteroatoms. The van der Waals surface area contributed by atoms with Gasteiger partial charge in [0.2, 0.25) is 0 Å². The van der Waals surface area contributed by atoms with Gasteiger partial charge in [0.25, 0.3) is 0 Å². The summed E-state index contributed by atoms with van der Waals surface area (Å²) in [6, 6.07) is 12.3. The van der Waals surface area contributed by atoms with Crippen LogP contribution in [0.2, 0.25) is 5.02 Å². The van der Waals surface area contributed by atoms with E-state index in [1.54, 1.807) is 12.4 Å². The monoisotopic (exact) mass is 531 g/mol. The summed E-state index contributed by atoms with van der Waals surface area (Å²) in [5, 5.41) is 13.8. The van der Waals surface area contributed by atoms with Crippen LogP contribution in [0, 0.1) is 11.7 Å². The van der Waals surface area contributed by atoms with Crippen molar-refractivity contribution in [3.63, 3.8) is 0 Å². The summed E-state index contributed by atoms with van der Waals surface area (Å²) < 4.78 is 14.2. The molecule has 0 amide bonds. The molecule has 2 aromatic heterocycles. The third-order valence-electron chi connectivity index (χ3n) is 7.23. The molecule has 0 unspecified atom stereocenters. The molecule has 1 aliphatic heterocycles. The van der Waals surface area contributed by atoms with E-state index in [2.05, 4.69) is 20.2 Å². The Bertz CT molecular complexity index is 1520. The number of pyridine rings is 2. The van der Waals surface area contributed by atoms with Crippen molar-refractivity contribution >= 4 is 45.5 Å². The van der Waals surface area contributed by atoms with Crippen LogP contribution >= 0.6 is 11.6 Å². The zero-order chi connectivity index (χ0) is 26.4. The molecule has 4 aromatic rings. The number of carbonyl (C=O) groups excluding carboxylic acids is 1. The maximum Gasteiger partial charge on any atom is 0.170 e. The molecule has 4 N–H and O–H groups in total. The molecular weight excluding hydrogens is 505 g/mol. The Kier molecular flexibility index (Phi) is 6.37. The van der Waals surface area contributed by atoms with E-state index in [4.69, 9.17) is 17.3 Å². The number of nitrogens with two attached hydrogens (primary N) is 1. The van der Waals surface area contributed by atoms with Crippen LogP contribution in [0.4, 0.5) is 21.6 Å². The van der Waals surface area contributed by atoms with Gasteiger partial charge in [0.05, 0.1) is 33.7 Å². The van der Waals surface area contributed by atoms with Crippen LogP contribution in [0.1, 0.15) is 36.0 Å². The highest BCUT2D eigenvalue weighted by atomic mass is 35.5. The molecule has 0 bridgehead atoms. The Labute approximate surface area is 224 Å². The fourth-order valence-corrected chi connectivity index (χ4v) is 5.21. The van der Waals surface area contributed by atoms with E-state index in [-0.39, 0.29) is 22.8 Å². The van der Waals surface area contributed by atoms with Crippen molar-refractivity contribution in [1.82, 2.24) is 9.97 Å². The number of benzene rings is 2. The number of nitrogens with one attached hydrogen (secondary N) is 1. The maximum atomic E-state index is 14.2. The zero-order valence-electron chi connectivity index (χ0n) is 20.6. The standard InChI is InChI=1S/C29H27ClFN5O2/c30-23-11-18(12-24(31)29(23)38)17-5-7-25-21(10-17)27(22(14-33-25)28(37)16-3-4-16)35-20-6-8-26(34-13-20)36-9-1-2-19(32)15-36/h5-8,10-14,16,19,38H,1-4,9,15,32H2,(H,33,35)/t19-/m0/s1. The minimum Gasteiger partial charge on any atom is -0.504 e. The highest BCUT2D eigenvalue weighted by Gasteiger charge is 2.32. The molecule has 3 heterocycles. The molecule has 0 spiro atoms. The van der Waals surface area contributed by atoms with Crippen molar-refractivity contribution in [2.75, 3.05) is 23.3 Å². The van der Waals surface area contributed by atoms with Gasteiger partial charge >= 0.3 is 0 Å². The summed E-state index contributed by atoms with van der Waals surface area (Å²) in [5.41, 5.74) is 9.88. The van der Waals surface area contributed by atoms with Crippen LogP contribution in [-0.4, -0.2) is 40.0 Å². The number of aromatic nitrogens is 2. The predicted octanol–water partition coefficient (Wildman–Crippen LogP) is 6.06. The molecule has 1 saturated carbocycles. The molecule has 1 saturated heterocycles. The normalized spacial score (nSPS) is 17.6. The van der Waals surface area contributed by atoms with Crippen molar-refractivity contribution in [3.05, 3.63) is 71.3 Å². The lowest BCUT2D eigenvalue weighted by Gasteiger charge is -2.31. The molecule has 0 radical (unpaired) electrons. The van der Waals surface area contributed by atoms with Crippen molar-refractivity contribution in [2.45, 2.75) is 31.7 Å². The van der Waals surface area contributed by atoms with Crippen LogP contribution in [0.3, 0.4) is 0 Å². The summed E-state index contributed by atoms with van der Waals surface area (Å²) in [5.74, 6) is -0.458. The second kappa shape index (κ2) is 9.85. The maximum absolute atomic E-state index is 14.2. The first-order chi connectivity index (χ1) is 18.4. The molecule has 2 fully saturated rings. The summed E-state index contributed by atoms with van der Waals surface area (Å²) in [6.45, 7) is 1.70. The largest absolute Gasteiger partial charge is 0.504 e. The van der Waals surface area contributed by atoms with Crippen LogP contribution in [0.15, 0.2) is 54.9 Å². The number of ketones is 1. The van der Waals surface area contributed by atoms with Gasteiger partial charge in [0, 0.05) is 36.6 Å². The molecule has 38 heavy (non-hydrogen) atoms. The molecule has 6 rings (SSSR count). The molecule has 7 nitrogen and oxygen atoms in total. The summed E-state index contributed by atoms with van der Waals surface area (Å²) in [4.78, 5) is 24.6. The molecule has 2 aromatic carbocycles. The van der Waals surface area contributed by atoms with Crippen LogP contribution in [0.25, 0.3) is 22.0 Å². The number of halogens is 2. The van der Waals surface area contributed by atoms with E-state index in [1.807, 2.05) is 30.3 Å². The van der Waals surface area contributed by atoms with Crippen LogP contribution < -0.4 is 16.0 Å². The summed E-state index contributed by atoms with van der Waals surface area (Å²) in [6.07, 6.45) is 7.18. The number of hydrogen-bond donors (Lipinski definition) is 3. The number of phenolic OH excluding ortho intramolecular Hbond substituents is 1. The second-order valence-corrected chi connectivity index (χ2v) is 10.5. The summed E-state index contributed by atoms with van der Waals surface area (Å²) >= 11 is 6.03. The molecular formula is C29H27ClFN5O2. The molecule has 1 atom stereocenters. The summed E-state index contributed by atoms with van der Waals surface area (Å²) in [7, 11) is 0. The lowest BCUT2D eigenvalue weighted by Crippen LogP contribution is -2.43. The van der Waals surface area contributed by atoms with Crippen LogP contribution in [0.5, 0.6) is 5.75 Å². The van der Waals surface area contributed by atoms with Gasteiger partial charge in [0.1, 0.15) is 5.82 Å². The van der Waals surface area contributed by atoms with Gasteiger partial charge in [-0.1, -0.05) is 17.7 Å². The number of nitrogens with zero attached hydrogens (tertiary/aromatic N) is 3. The van der Waals surface area contributed by atoms with Crippen molar-refractivity contribution in [1.29, 1.82) is 0 Å². The first-order valence-electron chi connectivity index (χ1n) is 12.8. The van der Waals surface area contributed by atoms with Gasteiger partial charge < -0.3 is 21.1 Å². The highest BCUT2D eigenvalue weighted by Crippen LogP contribution is 2.39. The third kappa shape index (κ3) is 4.77. The molecule has 1 aliphatic carbocycles. The van der Waals surface area contributed by atoms with Gasteiger partial charge in [-0.15, -0.1) is 0 Å². The Balaban J connectivity index is 1.40. The van der Waals surface area contributed by atoms with Gasteiger partial charge in [0.15, 0.2) is 17.3 Å². The highest BCUT2D eigenvalue weighted by molar-refractivity contribution is 6.32. The van der Waals surface area contributed by atoms with Crippen molar-refractivity contribution in [2.24, 2.45) is 11.7 Å². The lowest BCUT2D eigenvalue weighted by molar-refractivity contribution is 0.0968. The number of piperidine rings is 1. The average molecular weight is 532 g/mol. The van der Waals surface area contributed by atoms with E-state index in [1.165, 1.54) is 12.1 Å². The predicted molar refractivity (Wildman–Crippen MR) is 148 cm³/mol. The van der Waals surface area contributed by atoms with E-state index in [0.29, 0.717) is 33.3 Å². The van der Waals surface area contributed by atoms with Gasteiger partial charge in [-0.25, -0.2) is 9.37 Å². The van der Waals surface area contributed by atoms with Gasteiger partial charge in [-0.3, -0.25) is 9.78 Å². The van der Waals surface area contributed by atoms with E-state index < -0.39 is 11.6 Å². The van der Waals surface area contributed by atoms with Gasteiger partial charge in [-0.2, -0.15) is 0 Å². The number of hydrogen-bond acceptors (Lipinski definition) is 7. The fraction of sp³-hybridized carbons (Fsp3) is 0.276. The smallest absolute Gasteiger partial charge is 0.170 e. The molecule has 194 valence electrons. The number of carbonyl (C=O) groups is 1. The van der Waals surface area contributed by atoms with E-state index in [0.717, 1.165) is 50.3 Å². The second-order valence-electron chi connectivity index (χ2n) is 10.1. The first-order valence-corrected chi connectivity index (χ1v) is 13.1. The van der Waals surface area contributed by atoms with E-state index >= 15 is 0 Å². The zero-order valence-corrected chi connectivity index (χ0v) is 21.4. The molecule has 2 aliphatic rings. The number of Topliss-reactive ketones (excluding diaryl/α,β-unsaturated/α-hetero) is 1. The Hall–Kier alpha value is -3.75. The van der Waals surface area contributed by atoms with Gasteiger partial charge in [-0.05, 0) is 73.2 Å². The van der Waals surface area contributed by atoms with Crippen molar-refractivity contribution in [3.8, 4) is 16.9 Å². The first kappa shape index (κ1) is 24.6. The lowest BCUT2D eigenvalue weighted by atomic mass is 9.98. The topological polar surface area (TPSA) is 104 Å². The minimum atomic E-state index is -0.803. The Morgan fingerprint density at radius 3 is 2.63 bits per heavy atom. The number of anilines is 3. The number of phenols is 1. The van der Waals surface area contributed by atoms with Crippen molar-refractivity contribution < 1.29 is 14.3 Å². The quantitative estimate of drug-likeness (QED) is 0.260. The third-order valence-corrected chi connectivity index (χ3v) is 7.52. The number of fused-ring (bicyclic) bond motifs is 1.